The molecule has 0 aromatic rings. The van der Waals surface area contributed by atoms with Gasteiger partial charge in [0.25, 0.3) is 0 Å². The average Bonchev–Trinajstić information content (AvgIpc) is 2.59. The number of likely N-dealkylation sites (N-methyl/N-ethyl adjacent to an activating group) is 1. The number of sulfonamides is 1. The van der Waals surface area contributed by atoms with E-state index in [2.05, 4.69) is 34.5 Å². The Morgan fingerprint density at radius 1 is 1.24 bits per heavy atom. The summed E-state index contributed by atoms with van der Waals surface area (Å²) in [5, 5.41) is 6.75. The van der Waals surface area contributed by atoms with E-state index < -0.39 is 10.0 Å². The Balaban J connectivity index is 0.00000576. The van der Waals surface area contributed by atoms with Crippen LogP contribution in [0, 0.1) is 0 Å². The van der Waals surface area contributed by atoms with Gasteiger partial charge in [0, 0.05) is 39.3 Å². The van der Waals surface area contributed by atoms with Crippen molar-refractivity contribution in [2.45, 2.75) is 45.6 Å². The second-order valence-corrected chi connectivity index (χ2v) is 8.63. The molecular formula is C16H36IN5O2S. The largest absolute Gasteiger partial charge is 0.355 e. The molecule has 0 radical (unpaired) electrons. The second-order valence-electron chi connectivity index (χ2n) is 6.37. The Morgan fingerprint density at radius 2 is 1.88 bits per heavy atom. The van der Waals surface area contributed by atoms with Gasteiger partial charge in [-0.15, -0.1) is 24.0 Å². The minimum absolute atomic E-state index is 0. The van der Waals surface area contributed by atoms with Crippen LogP contribution in [0.4, 0.5) is 0 Å². The lowest BCUT2D eigenvalue weighted by Crippen LogP contribution is -2.50. The van der Waals surface area contributed by atoms with Crippen LogP contribution in [-0.4, -0.2) is 82.2 Å². The van der Waals surface area contributed by atoms with Gasteiger partial charge < -0.3 is 15.5 Å². The van der Waals surface area contributed by atoms with Crippen LogP contribution in [0.3, 0.4) is 0 Å². The predicted molar refractivity (Wildman–Crippen MR) is 116 cm³/mol. The first kappa shape index (κ1) is 24.9. The summed E-state index contributed by atoms with van der Waals surface area (Å²) < 4.78 is 25.4. The van der Waals surface area contributed by atoms with Crippen LogP contribution in [0.1, 0.15) is 39.5 Å². The van der Waals surface area contributed by atoms with Gasteiger partial charge in [-0.1, -0.05) is 13.3 Å². The quantitative estimate of drug-likeness (QED) is 0.290. The van der Waals surface area contributed by atoms with Gasteiger partial charge in [-0.05, 0) is 39.8 Å². The van der Waals surface area contributed by atoms with E-state index in [1.54, 1.807) is 18.3 Å². The number of halogens is 1. The van der Waals surface area contributed by atoms with Crippen molar-refractivity contribution in [2.24, 2.45) is 4.99 Å². The molecule has 2 N–H and O–H groups in total. The summed E-state index contributed by atoms with van der Waals surface area (Å²) >= 11 is 0. The van der Waals surface area contributed by atoms with E-state index >= 15 is 0 Å². The first-order chi connectivity index (χ1) is 11.4. The first-order valence-electron chi connectivity index (χ1n) is 9.06. The van der Waals surface area contributed by atoms with Crippen molar-refractivity contribution in [1.82, 2.24) is 19.8 Å². The second kappa shape index (κ2) is 13.1. The Labute approximate surface area is 171 Å². The zero-order valence-electron chi connectivity index (χ0n) is 16.1. The number of unbranched alkanes of at least 4 members (excludes halogenated alkanes) is 1. The standard InChI is InChI=1S/C16H35N5O2S.HI/c1-5-7-11-20(4)14-10-18-16(17-3)19-15-8-12-21(13-9-15)24(22,23)6-2;/h15H,5-14H2,1-4H3,(H2,17,18,19);1H. The van der Waals surface area contributed by atoms with Gasteiger partial charge >= 0.3 is 0 Å². The lowest BCUT2D eigenvalue weighted by Gasteiger charge is -2.32. The lowest BCUT2D eigenvalue weighted by molar-refractivity contribution is 0.305. The molecular weight excluding hydrogens is 453 g/mol. The number of nitrogens with zero attached hydrogens (tertiary/aromatic N) is 3. The molecule has 1 aliphatic heterocycles. The van der Waals surface area contributed by atoms with Crippen molar-refractivity contribution in [3.63, 3.8) is 0 Å². The van der Waals surface area contributed by atoms with E-state index in [1.807, 2.05) is 0 Å². The van der Waals surface area contributed by atoms with Crippen LogP contribution >= 0.6 is 24.0 Å². The maximum Gasteiger partial charge on any atom is 0.213 e. The Hall–Kier alpha value is -0.130. The minimum Gasteiger partial charge on any atom is -0.355 e. The third-order valence-electron chi connectivity index (χ3n) is 4.46. The summed E-state index contributed by atoms with van der Waals surface area (Å²) in [4.78, 5) is 6.59. The average molecular weight is 489 g/mol. The highest BCUT2D eigenvalue weighted by molar-refractivity contribution is 14.0. The fourth-order valence-electron chi connectivity index (χ4n) is 2.75. The maximum absolute atomic E-state index is 11.9. The molecule has 0 atom stereocenters. The zero-order chi connectivity index (χ0) is 18.0. The highest BCUT2D eigenvalue weighted by Crippen LogP contribution is 2.14. The zero-order valence-corrected chi connectivity index (χ0v) is 19.3. The molecule has 0 bridgehead atoms. The van der Waals surface area contributed by atoms with Gasteiger partial charge in [0.05, 0.1) is 5.75 Å². The molecule has 1 rings (SSSR count). The maximum atomic E-state index is 11.9. The summed E-state index contributed by atoms with van der Waals surface area (Å²) in [6.45, 7) is 8.03. The van der Waals surface area contributed by atoms with Gasteiger partial charge in [0.2, 0.25) is 10.0 Å². The number of piperidine rings is 1. The SMILES string of the molecule is CCCCN(C)CCNC(=NC)NC1CCN(S(=O)(=O)CC)CC1.I. The van der Waals surface area contributed by atoms with Gasteiger partial charge in [0.1, 0.15) is 0 Å². The molecule has 1 fully saturated rings. The Morgan fingerprint density at radius 3 is 2.40 bits per heavy atom. The highest BCUT2D eigenvalue weighted by Gasteiger charge is 2.26. The summed E-state index contributed by atoms with van der Waals surface area (Å²) in [5.74, 6) is 0.982. The van der Waals surface area contributed by atoms with Gasteiger partial charge in [-0.3, -0.25) is 4.99 Å². The molecule has 1 saturated heterocycles. The smallest absolute Gasteiger partial charge is 0.213 e. The van der Waals surface area contributed by atoms with E-state index in [4.69, 9.17) is 0 Å². The molecule has 0 aromatic heterocycles. The van der Waals surface area contributed by atoms with Crippen LogP contribution in [-0.2, 0) is 10.0 Å². The molecule has 0 amide bonds. The van der Waals surface area contributed by atoms with Crippen molar-refractivity contribution < 1.29 is 8.42 Å². The molecule has 25 heavy (non-hydrogen) atoms. The minimum atomic E-state index is -3.06. The number of rotatable bonds is 9. The molecule has 7 nitrogen and oxygen atoms in total. The van der Waals surface area contributed by atoms with Crippen molar-refractivity contribution in [1.29, 1.82) is 0 Å². The van der Waals surface area contributed by atoms with Gasteiger partial charge in [-0.2, -0.15) is 0 Å². The van der Waals surface area contributed by atoms with Crippen molar-refractivity contribution >= 4 is 40.0 Å². The molecule has 1 heterocycles. The summed E-state index contributed by atoms with van der Waals surface area (Å²) in [5.41, 5.74) is 0. The van der Waals surface area contributed by atoms with Crippen molar-refractivity contribution in [2.75, 3.05) is 52.6 Å². The molecule has 0 spiro atoms. The van der Waals surface area contributed by atoms with E-state index in [1.165, 1.54) is 12.8 Å². The Kier molecular flexibility index (Phi) is 13.0. The lowest BCUT2D eigenvalue weighted by atomic mass is 10.1. The van der Waals surface area contributed by atoms with Gasteiger partial charge in [-0.25, -0.2) is 12.7 Å². The van der Waals surface area contributed by atoms with E-state index in [0.29, 0.717) is 13.1 Å². The van der Waals surface area contributed by atoms with E-state index in [9.17, 15) is 8.42 Å². The molecule has 0 saturated carbocycles. The van der Waals surface area contributed by atoms with Crippen LogP contribution in [0.15, 0.2) is 4.99 Å². The fourth-order valence-corrected chi connectivity index (χ4v) is 3.89. The first-order valence-corrected chi connectivity index (χ1v) is 10.7. The van der Waals surface area contributed by atoms with Crippen LogP contribution in [0.2, 0.25) is 0 Å². The van der Waals surface area contributed by atoms with Crippen molar-refractivity contribution in [3.8, 4) is 0 Å². The van der Waals surface area contributed by atoms with Crippen LogP contribution in [0.5, 0.6) is 0 Å². The van der Waals surface area contributed by atoms with Crippen LogP contribution in [0.25, 0.3) is 0 Å². The predicted octanol–water partition coefficient (Wildman–Crippen LogP) is 1.32. The fraction of sp³-hybridized carbons (Fsp3) is 0.938. The summed E-state index contributed by atoms with van der Waals surface area (Å²) in [7, 11) is 0.851. The molecule has 0 aliphatic carbocycles. The summed E-state index contributed by atoms with van der Waals surface area (Å²) in [6, 6.07) is 0.275. The highest BCUT2D eigenvalue weighted by atomic mass is 127. The van der Waals surface area contributed by atoms with Crippen LogP contribution < -0.4 is 10.6 Å². The molecule has 1 aliphatic rings. The van der Waals surface area contributed by atoms with Crippen molar-refractivity contribution in [3.05, 3.63) is 0 Å². The number of hydrogen-bond acceptors (Lipinski definition) is 4. The molecule has 0 unspecified atom stereocenters. The van der Waals surface area contributed by atoms with E-state index in [0.717, 1.165) is 38.4 Å². The van der Waals surface area contributed by atoms with E-state index in [-0.39, 0.29) is 35.8 Å². The molecule has 150 valence electrons. The number of hydrogen-bond donors (Lipinski definition) is 2. The molecule has 0 aromatic carbocycles. The normalized spacial score (nSPS) is 17.4. The number of nitrogens with one attached hydrogen (secondary N) is 2. The topological polar surface area (TPSA) is 77.0 Å². The Bertz CT molecular complexity index is 479. The number of guanidine groups is 1. The third-order valence-corrected chi connectivity index (χ3v) is 6.34. The monoisotopic (exact) mass is 489 g/mol. The third kappa shape index (κ3) is 9.39. The molecule has 9 heteroatoms. The summed E-state index contributed by atoms with van der Waals surface area (Å²) in [6.07, 6.45) is 4.07. The van der Waals surface area contributed by atoms with Gasteiger partial charge in [0.15, 0.2) is 5.96 Å². The number of aliphatic imine (C=N–C) groups is 1.